The Bertz CT molecular complexity index is 703. The van der Waals surface area contributed by atoms with Crippen LogP contribution in [0.1, 0.15) is 19.8 Å². The van der Waals surface area contributed by atoms with E-state index in [1.54, 1.807) is 6.92 Å². The number of aliphatic hydroxyl groups excluding tert-OH is 1. The van der Waals surface area contributed by atoms with E-state index in [0.29, 0.717) is 30.6 Å². The lowest BCUT2D eigenvalue weighted by molar-refractivity contribution is -0.144. The summed E-state index contributed by atoms with van der Waals surface area (Å²) in [6.45, 7) is 13.7. The van der Waals surface area contributed by atoms with Crippen molar-refractivity contribution in [3.63, 3.8) is 0 Å². The van der Waals surface area contributed by atoms with E-state index in [4.69, 9.17) is 14.2 Å². The average molecular weight is 346 g/mol. The molecule has 1 N–H and O–H groups in total. The van der Waals surface area contributed by atoms with Gasteiger partial charge in [0, 0.05) is 23.0 Å². The number of hydrogen-bond donors (Lipinski definition) is 1. The zero-order valence-corrected chi connectivity index (χ0v) is 14.2. The third-order valence-electron chi connectivity index (χ3n) is 6.18. The maximum absolute atomic E-state index is 12.1. The van der Waals surface area contributed by atoms with Crippen LogP contribution in [0.25, 0.3) is 0 Å². The number of fused-ring (bicyclic) bond motifs is 4. The highest BCUT2D eigenvalue weighted by Gasteiger charge is 2.70. The number of hydrogen-bond acceptors (Lipinski definition) is 6. The summed E-state index contributed by atoms with van der Waals surface area (Å²) < 4.78 is 16.9. The first kappa shape index (κ1) is 16.5. The molecule has 2 aliphatic heterocycles. The first-order valence-corrected chi connectivity index (χ1v) is 8.53. The van der Waals surface area contributed by atoms with Gasteiger partial charge in [0.25, 0.3) is 0 Å². The highest BCUT2D eigenvalue weighted by molar-refractivity contribution is 5.91. The fourth-order valence-corrected chi connectivity index (χ4v) is 4.71. The van der Waals surface area contributed by atoms with E-state index >= 15 is 0 Å². The van der Waals surface area contributed by atoms with E-state index in [2.05, 4.69) is 19.7 Å². The van der Waals surface area contributed by atoms with Gasteiger partial charge in [-0.05, 0) is 31.3 Å². The molecule has 0 aromatic carbocycles. The molecule has 0 aromatic heterocycles. The molecule has 2 heterocycles. The second-order valence-corrected chi connectivity index (χ2v) is 7.61. The van der Waals surface area contributed by atoms with Crippen LogP contribution in [0.2, 0.25) is 0 Å². The summed E-state index contributed by atoms with van der Waals surface area (Å²) in [5.41, 5.74) is 0.738. The fourth-order valence-electron chi connectivity index (χ4n) is 4.71. The minimum atomic E-state index is -0.686. The van der Waals surface area contributed by atoms with Crippen molar-refractivity contribution >= 4 is 11.9 Å². The van der Waals surface area contributed by atoms with Crippen LogP contribution in [0.3, 0.4) is 0 Å². The van der Waals surface area contributed by atoms with E-state index in [1.807, 2.05) is 0 Å². The predicted molar refractivity (Wildman–Crippen MR) is 87.2 cm³/mol. The molecule has 0 radical (unpaired) electrons. The molecule has 25 heavy (non-hydrogen) atoms. The average Bonchev–Trinajstić information content (AvgIpc) is 3.25. The molecule has 134 valence electrons. The normalized spacial score (nSPS) is 44.8. The van der Waals surface area contributed by atoms with Gasteiger partial charge in [0.1, 0.15) is 17.8 Å². The Morgan fingerprint density at radius 3 is 2.60 bits per heavy atom. The van der Waals surface area contributed by atoms with Crippen LogP contribution < -0.4 is 0 Å². The molecular formula is C19H22O6. The Morgan fingerprint density at radius 1 is 1.32 bits per heavy atom. The van der Waals surface area contributed by atoms with Gasteiger partial charge < -0.3 is 19.3 Å². The molecule has 1 spiro atoms. The van der Waals surface area contributed by atoms with Crippen LogP contribution >= 0.6 is 0 Å². The molecule has 2 aliphatic carbocycles. The summed E-state index contributed by atoms with van der Waals surface area (Å²) in [5, 5.41) is 10.5. The predicted octanol–water partition coefficient (Wildman–Crippen LogP) is 1.30. The van der Waals surface area contributed by atoms with Crippen molar-refractivity contribution in [2.24, 2.45) is 17.8 Å². The molecule has 0 amide bonds. The minimum absolute atomic E-state index is 0.144. The van der Waals surface area contributed by atoms with Crippen LogP contribution in [-0.2, 0) is 23.8 Å². The van der Waals surface area contributed by atoms with Crippen molar-refractivity contribution in [3.8, 4) is 0 Å². The van der Waals surface area contributed by atoms with Gasteiger partial charge in [0.15, 0.2) is 0 Å². The van der Waals surface area contributed by atoms with E-state index < -0.39 is 35.9 Å². The maximum atomic E-state index is 12.1. The number of ether oxygens (including phenoxy) is 3. The summed E-state index contributed by atoms with van der Waals surface area (Å²) >= 11 is 0. The first-order chi connectivity index (χ1) is 11.8. The lowest BCUT2D eigenvalue weighted by Crippen LogP contribution is -2.40. The van der Waals surface area contributed by atoms with Gasteiger partial charge >= 0.3 is 11.9 Å². The Labute approximate surface area is 146 Å². The van der Waals surface area contributed by atoms with Gasteiger partial charge in [0.2, 0.25) is 0 Å². The molecule has 2 saturated heterocycles. The second kappa shape index (κ2) is 5.29. The van der Waals surface area contributed by atoms with E-state index in [-0.39, 0.29) is 17.8 Å². The molecule has 2 saturated carbocycles. The van der Waals surface area contributed by atoms with Gasteiger partial charge in [0.05, 0.1) is 12.7 Å². The van der Waals surface area contributed by atoms with Gasteiger partial charge in [-0.3, -0.25) is 0 Å². The second-order valence-electron chi connectivity index (χ2n) is 7.61. The highest BCUT2D eigenvalue weighted by atomic mass is 16.6. The van der Waals surface area contributed by atoms with E-state index in [9.17, 15) is 14.7 Å². The van der Waals surface area contributed by atoms with Crippen LogP contribution in [0.5, 0.6) is 0 Å². The molecule has 7 unspecified atom stereocenters. The van der Waals surface area contributed by atoms with Gasteiger partial charge in [-0.2, -0.15) is 0 Å². The van der Waals surface area contributed by atoms with Crippen molar-refractivity contribution in [1.82, 2.24) is 0 Å². The largest absolute Gasteiger partial charge is 0.458 e. The zero-order chi connectivity index (χ0) is 18.1. The highest BCUT2D eigenvalue weighted by Crippen LogP contribution is 2.60. The SMILES string of the molecule is C=C(C)C(=O)OC1CC2C(=C)C(=O)OC2C2C(CC(O)C23CO3)C1=C. The van der Waals surface area contributed by atoms with Crippen LogP contribution in [0.4, 0.5) is 0 Å². The standard InChI is InChI=1S/C19H22O6/c1-8(2)17(21)24-13-5-12-10(4)18(22)25-16(12)15-11(9(13)3)6-14(20)19(15)7-23-19/h11-16,20H,1,3-7H2,2H3. The smallest absolute Gasteiger partial charge is 0.334 e. The van der Waals surface area contributed by atoms with Crippen LogP contribution in [-0.4, -0.2) is 47.6 Å². The van der Waals surface area contributed by atoms with E-state index in [1.165, 1.54) is 0 Å². The number of carbonyl (C=O) groups excluding carboxylic acids is 2. The van der Waals surface area contributed by atoms with Gasteiger partial charge in [-0.25, -0.2) is 9.59 Å². The first-order valence-electron chi connectivity index (χ1n) is 8.53. The summed E-state index contributed by atoms with van der Waals surface area (Å²) in [4.78, 5) is 24.1. The number of aliphatic hydroxyl groups is 1. The third-order valence-corrected chi connectivity index (χ3v) is 6.18. The molecule has 0 bridgehead atoms. The fraction of sp³-hybridized carbons (Fsp3) is 0.579. The summed E-state index contributed by atoms with van der Waals surface area (Å²) in [6.07, 6.45) is -0.804. The number of rotatable bonds is 2. The van der Waals surface area contributed by atoms with Gasteiger partial charge in [-0.15, -0.1) is 0 Å². The molecule has 4 fully saturated rings. The minimum Gasteiger partial charge on any atom is -0.458 e. The lowest BCUT2D eigenvalue weighted by Gasteiger charge is -2.28. The van der Waals surface area contributed by atoms with Gasteiger partial charge in [-0.1, -0.05) is 19.7 Å². The van der Waals surface area contributed by atoms with Crippen LogP contribution in [0, 0.1) is 17.8 Å². The topological polar surface area (TPSA) is 85.4 Å². The molecule has 0 aromatic rings. The number of esters is 2. The summed E-state index contributed by atoms with van der Waals surface area (Å²) in [5.74, 6) is -1.55. The molecule has 6 heteroatoms. The monoisotopic (exact) mass is 346 g/mol. The number of epoxide rings is 1. The summed E-state index contributed by atoms with van der Waals surface area (Å²) in [6, 6.07) is 0. The summed E-state index contributed by atoms with van der Waals surface area (Å²) in [7, 11) is 0. The van der Waals surface area contributed by atoms with E-state index in [0.717, 1.165) is 5.57 Å². The molecular weight excluding hydrogens is 324 g/mol. The van der Waals surface area contributed by atoms with Crippen molar-refractivity contribution < 1.29 is 28.9 Å². The Hall–Kier alpha value is -1.92. The molecule has 6 nitrogen and oxygen atoms in total. The molecule has 7 atom stereocenters. The lowest BCUT2D eigenvalue weighted by atomic mass is 9.79. The van der Waals surface area contributed by atoms with Crippen molar-refractivity contribution in [3.05, 3.63) is 36.5 Å². The Kier molecular flexibility index (Phi) is 3.50. The maximum Gasteiger partial charge on any atom is 0.334 e. The number of carbonyl (C=O) groups is 2. The molecule has 4 aliphatic rings. The third kappa shape index (κ3) is 2.24. The Balaban J connectivity index is 1.72. The van der Waals surface area contributed by atoms with Crippen LogP contribution in [0.15, 0.2) is 36.5 Å². The quantitative estimate of drug-likeness (QED) is 0.351. The Morgan fingerprint density at radius 2 is 2.00 bits per heavy atom. The van der Waals surface area contributed by atoms with Crippen molar-refractivity contribution in [2.75, 3.05) is 6.61 Å². The molecule has 4 rings (SSSR count). The zero-order valence-electron chi connectivity index (χ0n) is 14.2. The van der Waals surface area contributed by atoms with Crippen molar-refractivity contribution in [1.29, 1.82) is 0 Å². The van der Waals surface area contributed by atoms with Crippen molar-refractivity contribution in [2.45, 2.75) is 43.7 Å².